The molecule has 1 aliphatic rings. The lowest BCUT2D eigenvalue weighted by Gasteiger charge is -2.25. The first-order valence-corrected chi connectivity index (χ1v) is 8.55. The number of rotatable bonds is 4. The molecule has 2 aromatic carbocycles. The van der Waals surface area contributed by atoms with Gasteiger partial charge in [0.25, 0.3) is 0 Å². The predicted octanol–water partition coefficient (Wildman–Crippen LogP) is 2.75. The summed E-state index contributed by atoms with van der Waals surface area (Å²) in [7, 11) is 0. The van der Waals surface area contributed by atoms with Gasteiger partial charge in [-0.1, -0.05) is 18.2 Å². The van der Waals surface area contributed by atoms with Gasteiger partial charge < -0.3 is 15.2 Å². The van der Waals surface area contributed by atoms with Crippen molar-refractivity contribution in [1.82, 2.24) is 14.9 Å². The Balaban J connectivity index is 1.55. The second-order valence-electron chi connectivity index (χ2n) is 6.35. The van der Waals surface area contributed by atoms with Gasteiger partial charge in [0, 0.05) is 31.0 Å². The van der Waals surface area contributed by atoms with Gasteiger partial charge in [0.2, 0.25) is 11.8 Å². The van der Waals surface area contributed by atoms with Gasteiger partial charge in [-0.15, -0.1) is 0 Å². The van der Waals surface area contributed by atoms with Crippen LogP contribution in [0.2, 0.25) is 0 Å². The number of carbonyl (C=O) groups is 2. The van der Waals surface area contributed by atoms with Crippen LogP contribution in [0.1, 0.15) is 23.5 Å². The van der Waals surface area contributed by atoms with Crippen LogP contribution in [0.4, 0.5) is 10.1 Å². The highest BCUT2D eigenvalue weighted by molar-refractivity contribution is 6.01. The quantitative estimate of drug-likeness (QED) is 0.747. The molecule has 0 saturated heterocycles. The van der Waals surface area contributed by atoms with E-state index in [4.69, 9.17) is 0 Å². The summed E-state index contributed by atoms with van der Waals surface area (Å²) in [6, 6.07) is 11.7. The van der Waals surface area contributed by atoms with Crippen molar-refractivity contribution in [3.8, 4) is 5.69 Å². The molecule has 0 aliphatic carbocycles. The Hall–Kier alpha value is -3.48. The number of imidazole rings is 1. The fourth-order valence-electron chi connectivity index (χ4n) is 3.29. The minimum atomic E-state index is -0.718. The van der Waals surface area contributed by atoms with Crippen LogP contribution in [-0.2, 0) is 16.1 Å². The summed E-state index contributed by atoms with van der Waals surface area (Å²) in [5.74, 6) is -1.72. The summed E-state index contributed by atoms with van der Waals surface area (Å²) in [5.41, 5.74) is 2.79. The predicted molar refractivity (Wildman–Crippen MR) is 97.8 cm³/mol. The van der Waals surface area contributed by atoms with Crippen LogP contribution in [0.15, 0.2) is 61.2 Å². The number of anilines is 1. The third-order valence-corrected chi connectivity index (χ3v) is 4.60. The van der Waals surface area contributed by atoms with E-state index in [1.54, 1.807) is 12.5 Å². The van der Waals surface area contributed by atoms with E-state index in [0.29, 0.717) is 11.3 Å². The number of nitrogens with one attached hydrogen (secondary N) is 2. The first kappa shape index (κ1) is 17.0. The Kier molecular flexibility index (Phi) is 4.42. The molecule has 0 bridgehead atoms. The summed E-state index contributed by atoms with van der Waals surface area (Å²) >= 11 is 0. The van der Waals surface area contributed by atoms with E-state index in [0.717, 1.165) is 11.3 Å². The minimum absolute atomic E-state index is 0.00848. The van der Waals surface area contributed by atoms with Crippen molar-refractivity contribution in [2.24, 2.45) is 0 Å². The van der Waals surface area contributed by atoms with Crippen molar-refractivity contribution in [1.29, 1.82) is 0 Å². The molecule has 4 rings (SSSR count). The Morgan fingerprint density at radius 1 is 1.30 bits per heavy atom. The number of para-hydroxylation sites is 1. The number of benzene rings is 2. The van der Waals surface area contributed by atoms with Crippen LogP contribution in [-0.4, -0.2) is 21.4 Å². The van der Waals surface area contributed by atoms with Crippen molar-refractivity contribution < 1.29 is 14.0 Å². The molecule has 3 aromatic rings. The molecular formula is C20H17FN4O2. The molecule has 0 saturated carbocycles. The van der Waals surface area contributed by atoms with E-state index >= 15 is 0 Å². The standard InChI is InChI=1S/C20H17FN4O2/c21-14-5-6-17-15(9-14)16(10-19(26)24-17)20(27)23-11-13-3-1-2-4-18(13)25-8-7-22-12-25/h1-9,12,16H,10-11H2,(H,23,27)(H,24,26)/t16-/m0/s1. The lowest BCUT2D eigenvalue weighted by Crippen LogP contribution is -2.35. The van der Waals surface area contributed by atoms with E-state index < -0.39 is 11.7 Å². The van der Waals surface area contributed by atoms with Crippen LogP contribution in [0, 0.1) is 5.82 Å². The van der Waals surface area contributed by atoms with Crippen LogP contribution < -0.4 is 10.6 Å². The molecule has 2 amide bonds. The van der Waals surface area contributed by atoms with Crippen molar-refractivity contribution >= 4 is 17.5 Å². The molecule has 0 radical (unpaired) electrons. The fraction of sp³-hybridized carbons (Fsp3) is 0.150. The molecule has 0 fully saturated rings. The second kappa shape index (κ2) is 7.03. The summed E-state index contributed by atoms with van der Waals surface area (Å²) in [4.78, 5) is 28.7. The summed E-state index contributed by atoms with van der Waals surface area (Å²) < 4.78 is 15.5. The van der Waals surface area contributed by atoms with E-state index in [1.165, 1.54) is 18.2 Å². The van der Waals surface area contributed by atoms with Crippen molar-refractivity contribution in [3.05, 3.63) is 78.1 Å². The SMILES string of the molecule is O=C1C[C@H](C(=O)NCc2ccccc2-n2ccnc2)c2cc(F)ccc2N1. The van der Waals surface area contributed by atoms with E-state index in [9.17, 15) is 14.0 Å². The normalized spacial score (nSPS) is 15.7. The Morgan fingerprint density at radius 3 is 2.96 bits per heavy atom. The highest BCUT2D eigenvalue weighted by Gasteiger charge is 2.31. The highest BCUT2D eigenvalue weighted by Crippen LogP contribution is 2.33. The summed E-state index contributed by atoms with van der Waals surface area (Å²) in [6.45, 7) is 0.288. The Bertz CT molecular complexity index is 1000. The average molecular weight is 364 g/mol. The van der Waals surface area contributed by atoms with E-state index in [1.807, 2.05) is 35.0 Å². The maximum atomic E-state index is 13.6. The molecule has 27 heavy (non-hydrogen) atoms. The molecule has 0 spiro atoms. The zero-order valence-corrected chi connectivity index (χ0v) is 14.4. The molecular weight excluding hydrogens is 347 g/mol. The van der Waals surface area contributed by atoms with Gasteiger partial charge in [-0.25, -0.2) is 9.37 Å². The molecule has 6 nitrogen and oxygen atoms in total. The molecule has 136 valence electrons. The summed E-state index contributed by atoms with van der Waals surface area (Å²) in [5, 5.41) is 5.55. The number of aromatic nitrogens is 2. The monoisotopic (exact) mass is 364 g/mol. The Labute approximate surface area is 155 Å². The Morgan fingerprint density at radius 2 is 2.15 bits per heavy atom. The van der Waals surface area contributed by atoms with Crippen molar-refractivity contribution in [3.63, 3.8) is 0 Å². The molecule has 1 aromatic heterocycles. The van der Waals surface area contributed by atoms with E-state index in [-0.39, 0.29) is 24.8 Å². The molecule has 1 atom stereocenters. The number of halogens is 1. The highest BCUT2D eigenvalue weighted by atomic mass is 19.1. The van der Waals surface area contributed by atoms with Crippen molar-refractivity contribution in [2.45, 2.75) is 18.9 Å². The van der Waals surface area contributed by atoms with Crippen LogP contribution in [0.3, 0.4) is 0 Å². The van der Waals surface area contributed by atoms with Crippen molar-refractivity contribution in [2.75, 3.05) is 5.32 Å². The zero-order valence-electron chi connectivity index (χ0n) is 14.4. The maximum Gasteiger partial charge on any atom is 0.228 e. The maximum absolute atomic E-state index is 13.6. The third-order valence-electron chi connectivity index (χ3n) is 4.60. The van der Waals surface area contributed by atoms with Gasteiger partial charge in [-0.05, 0) is 35.4 Å². The number of amides is 2. The third kappa shape index (κ3) is 3.44. The lowest BCUT2D eigenvalue weighted by atomic mass is 9.89. The lowest BCUT2D eigenvalue weighted by molar-refractivity contribution is -0.126. The summed E-state index contributed by atoms with van der Waals surface area (Å²) in [6.07, 6.45) is 5.18. The van der Waals surface area contributed by atoms with Crippen LogP contribution in [0.5, 0.6) is 0 Å². The van der Waals surface area contributed by atoms with Gasteiger partial charge in [0.05, 0.1) is 17.9 Å². The molecule has 2 N–H and O–H groups in total. The second-order valence-corrected chi connectivity index (χ2v) is 6.35. The number of hydrogen-bond acceptors (Lipinski definition) is 3. The van der Waals surface area contributed by atoms with Gasteiger partial charge in [0.1, 0.15) is 5.82 Å². The molecule has 1 aliphatic heterocycles. The van der Waals surface area contributed by atoms with Gasteiger partial charge in [0.15, 0.2) is 0 Å². The number of nitrogens with zero attached hydrogens (tertiary/aromatic N) is 2. The van der Waals surface area contributed by atoms with Gasteiger partial charge >= 0.3 is 0 Å². The molecule has 7 heteroatoms. The smallest absolute Gasteiger partial charge is 0.228 e. The topological polar surface area (TPSA) is 76.0 Å². The first-order chi connectivity index (χ1) is 13.1. The minimum Gasteiger partial charge on any atom is -0.351 e. The van der Waals surface area contributed by atoms with Crippen LogP contribution in [0.25, 0.3) is 5.69 Å². The first-order valence-electron chi connectivity index (χ1n) is 8.55. The van der Waals surface area contributed by atoms with Gasteiger partial charge in [-0.2, -0.15) is 0 Å². The zero-order chi connectivity index (χ0) is 18.8. The van der Waals surface area contributed by atoms with E-state index in [2.05, 4.69) is 15.6 Å². The van der Waals surface area contributed by atoms with Crippen LogP contribution >= 0.6 is 0 Å². The largest absolute Gasteiger partial charge is 0.351 e. The number of fused-ring (bicyclic) bond motifs is 1. The molecule has 0 unspecified atom stereocenters. The number of carbonyl (C=O) groups excluding carboxylic acids is 2. The number of hydrogen-bond donors (Lipinski definition) is 2. The molecule has 2 heterocycles. The van der Waals surface area contributed by atoms with Gasteiger partial charge in [-0.3, -0.25) is 9.59 Å². The average Bonchev–Trinajstić information content (AvgIpc) is 3.20. The fourth-order valence-corrected chi connectivity index (χ4v) is 3.29.